The Morgan fingerprint density at radius 1 is 1.13 bits per heavy atom. The molecule has 0 saturated carbocycles. The summed E-state index contributed by atoms with van der Waals surface area (Å²) in [7, 11) is 0. The third kappa shape index (κ3) is 1.72. The zero-order valence-corrected chi connectivity index (χ0v) is 8.41. The summed E-state index contributed by atoms with van der Waals surface area (Å²) in [6, 6.07) is 1.77. The van der Waals surface area contributed by atoms with Gasteiger partial charge >= 0.3 is 0 Å². The van der Waals surface area contributed by atoms with E-state index in [1.165, 1.54) is 11.3 Å². The van der Waals surface area contributed by atoms with Crippen LogP contribution >= 0.6 is 11.3 Å². The van der Waals surface area contributed by atoms with Crippen LogP contribution in [0.5, 0.6) is 0 Å². The summed E-state index contributed by atoms with van der Waals surface area (Å²) >= 11 is 1.25. The summed E-state index contributed by atoms with van der Waals surface area (Å²) in [5.74, 6) is -4.71. The third-order valence-electron chi connectivity index (χ3n) is 1.84. The lowest BCUT2D eigenvalue weighted by Crippen LogP contribution is -2.01. The van der Waals surface area contributed by atoms with Crippen molar-refractivity contribution in [3.05, 3.63) is 34.7 Å². The minimum Gasteiger partial charge on any atom is -0.197 e. The molecule has 0 amide bonds. The second kappa shape index (κ2) is 3.62. The van der Waals surface area contributed by atoms with Gasteiger partial charge in [0, 0.05) is 0 Å². The smallest absolute Gasteiger partial charge is 0.197 e. The summed E-state index contributed by atoms with van der Waals surface area (Å²) in [4.78, 5) is 7.04. The van der Waals surface area contributed by atoms with Gasteiger partial charge in [-0.25, -0.2) is 0 Å². The van der Waals surface area contributed by atoms with Crippen LogP contribution < -0.4 is 0 Å². The van der Waals surface area contributed by atoms with Crippen molar-refractivity contribution in [1.29, 1.82) is 0 Å². The van der Waals surface area contributed by atoms with Crippen LogP contribution in [0.25, 0.3) is 10.7 Å². The number of aryl methyl sites for hydroxylation is 1. The molecule has 0 aliphatic rings. The maximum atomic E-state index is 12.8. The second-order valence-corrected chi connectivity index (χ2v) is 3.79. The minimum absolute atomic E-state index is 0.126. The van der Waals surface area contributed by atoms with E-state index < -0.39 is 17.7 Å². The summed E-state index contributed by atoms with van der Waals surface area (Å²) < 4.78 is 38.2. The fraction of sp³-hybridized carbons (Fsp3) is 0.111. The lowest BCUT2D eigenvalue weighted by Gasteiger charge is -1.99. The molecule has 2 rings (SSSR count). The van der Waals surface area contributed by atoms with Crippen molar-refractivity contribution in [3.8, 4) is 10.7 Å². The van der Waals surface area contributed by atoms with Gasteiger partial charge in [-0.1, -0.05) is 0 Å². The number of aromatic nitrogens is 2. The van der Waals surface area contributed by atoms with Crippen molar-refractivity contribution in [2.75, 3.05) is 0 Å². The van der Waals surface area contributed by atoms with Gasteiger partial charge in [-0.05, 0) is 23.9 Å². The molecule has 0 aliphatic heterocycles. The number of rotatable bonds is 1. The molecule has 2 aromatic rings. The third-order valence-corrected chi connectivity index (χ3v) is 2.85. The van der Waals surface area contributed by atoms with Gasteiger partial charge in [-0.2, -0.15) is 23.1 Å². The Hall–Kier alpha value is -1.43. The van der Waals surface area contributed by atoms with Crippen molar-refractivity contribution in [3.63, 3.8) is 0 Å². The van der Waals surface area contributed by atoms with E-state index in [4.69, 9.17) is 0 Å². The van der Waals surface area contributed by atoms with E-state index in [9.17, 15) is 13.2 Å². The molecule has 0 fully saturated rings. The molecule has 0 bridgehead atoms. The largest absolute Gasteiger partial charge is 0.255 e. The topological polar surface area (TPSA) is 25.8 Å². The van der Waals surface area contributed by atoms with Crippen LogP contribution in [0.1, 0.15) is 5.56 Å². The summed E-state index contributed by atoms with van der Waals surface area (Å²) in [5.41, 5.74) is 0.797. The molecule has 2 nitrogen and oxygen atoms in total. The van der Waals surface area contributed by atoms with Crippen molar-refractivity contribution >= 4 is 11.3 Å². The summed E-state index contributed by atoms with van der Waals surface area (Å²) in [5, 5.41) is 1.74. The molecular formula is C9H5F3N2S. The van der Waals surface area contributed by atoms with Crippen LogP contribution in [0, 0.1) is 24.6 Å². The van der Waals surface area contributed by atoms with E-state index in [2.05, 4.69) is 9.97 Å². The minimum atomic E-state index is -1.65. The molecule has 0 atom stereocenters. The maximum Gasteiger partial charge on any atom is 0.255 e. The van der Waals surface area contributed by atoms with Crippen molar-refractivity contribution < 1.29 is 13.2 Å². The predicted molar refractivity (Wildman–Crippen MR) is 50.0 cm³/mol. The van der Waals surface area contributed by atoms with Gasteiger partial charge in [-0.15, -0.1) is 11.3 Å². The van der Waals surface area contributed by atoms with Crippen LogP contribution in [0.15, 0.2) is 11.4 Å². The first-order chi connectivity index (χ1) is 7.09. The molecule has 78 valence electrons. The normalized spacial score (nSPS) is 10.7. The Bertz CT molecular complexity index is 487. The first kappa shape index (κ1) is 10.1. The van der Waals surface area contributed by atoms with E-state index >= 15 is 0 Å². The van der Waals surface area contributed by atoms with Crippen LogP contribution in [0.3, 0.4) is 0 Å². The molecule has 0 unspecified atom stereocenters. The number of halogens is 3. The average molecular weight is 230 g/mol. The van der Waals surface area contributed by atoms with E-state index in [-0.39, 0.29) is 5.82 Å². The first-order valence-electron chi connectivity index (χ1n) is 4.02. The molecule has 0 radical (unpaired) electrons. The van der Waals surface area contributed by atoms with Crippen LogP contribution in [0.2, 0.25) is 0 Å². The second-order valence-electron chi connectivity index (χ2n) is 2.88. The fourth-order valence-corrected chi connectivity index (χ4v) is 1.96. The highest BCUT2D eigenvalue weighted by molar-refractivity contribution is 7.13. The Morgan fingerprint density at radius 2 is 1.73 bits per heavy atom. The number of hydrogen-bond acceptors (Lipinski definition) is 3. The van der Waals surface area contributed by atoms with Gasteiger partial charge in [0.05, 0.1) is 4.88 Å². The van der Waals surface area contributed by atoms with Gasteiger partial charge in [-0.3, -0.25) is 0 Å². The Labute approximate surface area is 87.4 Å². The summed E-state index contributed by atoms with van der Waals surface area (Å²) in [6.07, 6.45) is 0. The molecule has 6 heteroatoms. The molecule has 15 heavy (non-hydrogen) atoms. The number of nitrogens with zero attached hydrogens (tertiary/aromatic N) is 2. The maximum absolute atomic E-state index is 12.8. The average Bonchev–Trinajstić information content (AvgIpc) is 2.60. The van der Waals surface area contributed by atoms with E-state index in [0.29, 0.717) is 4.88 Å². The summed E-state index contributed by atoms with van der Waals surface area (Å²) in [6.45, 7) is 1.76. The zero-order valence-electron chi connectivity index (χ0n) is 7.59. The van der Waals surface area contributed by atoms with Gasteiger partial charge < -0.3 is 0 Å². The molecule has 0 spiro atoms. The molecule has 0 N–H and O–H groups in total. The van der Waals surface area contributed by atoms with Gasteiger partial charge in [0.15, 0.2) is 5.82 Å². The van der Waals surface area contributed by atoms with E-state index in [1.807, 2.05) is 0 Å². The lowest BCUT2D eigenvalue weighted by atomic mass is 10.3. The van der Waals surface area contributed by atoms with Gasteiger partial charge in [0.25, 0.3) is 11.9 Å². The lowest BCUT2D eigenvalue weighted by molar-refractivity contribution is 0.408. The SMILES string of the molecule is Cc1ccsc1-c1nc(F)c(F)c(F)n1. The predicted octanol–water partition coefficient (Wildman–Crippen LogP) is 2.93. The van der Waals surface area contributed by atoms with E-state index in [0.717, 1.165) is 5.56 Å². The monoisotopic (exact) mass is 230 g/mol. The van der Waals surface area contributed by atoms with Crippen LogP contribution in [-0.4, -0.2) is 9.97 Å². The highest BCUT2D eigenvalue weighted by atomic mass is 32.1. The zero-order chi connectivity index (χ0) is 11.0. The Kier molecular flexibility index (Phi) is 2.44. The number of hydrogen-bond donors (Lipinski definition) is 0. The standard InChI is InChI=1S/C9H5F3N2S/c1-4-2-3-15-6(4)9-13-7(11)5(10)8(12)14-9/h2-3H,1H3. The van der Waals surface area contributed by atoms with Crippen LogP contribution in [0.4, 0.5) is 13.2 Å². The molecule has 2 heterocycles. The Morgan fingerprint density at radius 3 is 2.20 bits per heavy atom. The van der Waals surface area contributed by atoms with Gasteiger partial charge in [0.2, 0.25) is 5.82 Å². The fourth-order valence-electron chi connectivity index (χ4n) is 1.10. The number of thiophene rings is 1. The van der Waals surface area contributed by atoms with E-state index in [1.54, 1.807) is 18.4 Å². The highest BCUT2D eigenvalue weighted by Crippen LogP contribution is 2.26. The van der Waals surface area contributed by atoms with Gasteiger partial charge in [0.1, 0.15) is 0 Å². The van der Waals surface area contributed by atoms with Crippen molar-refractivity contribution in [2.24, 2.45) is 0 Å². The van der Waals surface area contributed by atoms with Crippen molar-refractivity contribution in [1.82, 2.24) is 9.97 Å². The highest BCUT2D eigenvalue weighted by Gasteiger charge is 2.16. The molecule has 0 aromatic carbocycles. The van der Waals surface area contributed by atoms with Crippen LogP contribution in [-0.2, 0) is 0 Å². The Balaban J connectivity index is 2.60. The molecular weight excluding hydrogens is 225 g/mol. The molecule has 0 aliphatic carbocycles. The molecule has 0 saturated heterocycles. The molecule has 2 aromatic heterocycles. The first-order valence-corrected chi connectivity index (χ1v) is 4.90. The van der Waals surface area contributed by atoms with Crippen molar-refractivity contribution in [2.45, 2.75) is 6.92 Å². The quantitative estimate of drug-likeness (QED) is 0.704.